The summed E-state index contributed by atoms with van der Waals surface area (Å²) in [6.07, 6.45) is 0. The molecule has 0 rings (SSSR count). The third kappa shape index (κ3) is 10.5. The molecule has 0 bridgehead atoms. The molecular formula is CH3IPS+. The second-order valence-corrected chi connectivity index (χ2v) is 9.21. The molecule has 0 nitrogen and oxygen atoms in total. The predicted octanol–water partition coefficient (Wildman–Crippen LogP) is 1.91. The molecule has 0 saturated heterocycles. The van der Waals surface area contributed by atoms with Crippen molar-refractivity contribution in [1.29, 1.82) is 0 Å². The maximum Gasteiger partial charge on any atom is 0.244 e. The zero-order valence-corrected chi connectivity index (χ0v) is 6.10. The predicted molar refractivity (Wildman–Crippen MR) is 34.2 cm³/mol. The van der Waals surface area contributed by atoms with Gasteiger partial charge in [-0.05, 0) is 0 Å². The highest BCUT2D eigenvalue weighted by Crippen LogP contribution is 2.24. The summed E-state index contributed by atoms with van der Waals surface area (Å²) in [6.45, 7) is 2.03. The van der Waals surface area contributed by atoms with E-state index in [4.69, 9.17) is 0 Å². The van der Waals surface area contributed by atoms with Gasteiger partial charge in [-0.25, -0.2) is 0 Å². The van der Waals surface area contributed by atoms with Gasteiger partial charge in [-0.15, -0.1) is 0 Å². The van der Waals surface area contributed by atoms with Gasteiger partial charge in [-0.2, -0.15) is 0 Å². The van der Waals surface area contributed by atoms with E-state index in [9.17, 15) is 0 Å². The van der Waals surface area contributed by atoms with Gasteiger partial charge in [-0.1, -0.05) is 0 Å². The molecule has 0 aliphatic heterocycles. The first kappa shape index (κ1) is 5.25. The molecule has 0 aliphatic carbocycles. The van der Waals surface area contributed by atoms with Gasteiger partial charge >= 0.3 is 0 Å². The van der Waals surface area contributed by atoms with Crippen LogP contribution in [0.1, 0.15) is 0 Å². The van der Waals surface area contributed by atoms with Crippen LogP contribution in [0.4, 0.5) is 0 Å². The summed E-state index contributed by atoms with van der Waals surface area (Å²) in [5.41, 5.74) is 0. The zero-order valence-electron chi connectivity index (χ0n) is 2.23. The van der Waals surface area contributed by atoms with E-state index in [1.807, 2.05) is 6.66 Å². The Morgan fingerprint density at radius 3 is 2.00 bits per heavy atom. The van der Waals surface area contributed by atoms with Crippen LogP contribution in [-0.4, -0.2) is 6.66 Å². The van der Waals surface area contributed by atoms with Crippen molar-refractivity contribution in [2.24, 2.45) is 0 Å². The van der Waals surface area contributed by atoms with Gasteiger partial charge in [0.05, 0.1) is 0 Å². The van der Waals surface area contributed by atoms with Crippen LogP contribution in [-0.2, 0) is 11.8 Å². The van der Waals surface area contributed by atoms with Crippen molar-refractivity contribution >= 4 is 38.2 Å². The van der Waals surface area contributed by atoms with Crippen LogP contribution in [0.3, 0.4) is 0 Å². The first-order valence-electron chi connectivity index (χ1n) is 0.799. The number of halogens is 1. The van der Waals surface area contributed by atoms with Gasteiger partial charge in [0.2, 0.25) is 26.4 Å². The van der Waals surface area contributed by atoms with Crippen molar-refractivity contribution in [2.75, 3.05) is 6.66 Å². The van der Waals surface area contributed by atoms with Gasteiger partial charge in [0.1, 0.15) is 6.66 Å². The molecule has 0 aromatic heterocycles. The van der Waals surface area contributed by atoms with Crippen LogP contribution < -0.4 is 0 Å². The zero-order chi connectivity index (χ0) is 3.58. The molecule has 0 spiro atoms. The van der Waals surface area contributed by atoms with Crippen molar-refractivity contribution in [3.8, 4) is 0 Å². The summed E-state index contributed by atoms with van der Waals surface area (Å²) in [6, 6.07) is 0. The molecule has 0 amide bonds. The Balaban J connectivity index is 2.80. The minimum atomic E-state index is -0.0670. The maximum atomic E-state index is 4.67. The molecule has 24 valence electrons. The standard InChI is InChI=1S/CH3IPS/c1-3(2)4/h1H3/q+1. The second kappa shape index (κ2) is 2.49. The number of rotatable bonds is 0. The normalized spacial score (nSPS) is 11.0. The highest BCUT2D eigenvalue weighted by atomic mass is 127. The molecule has 1 unspecified atom stereocenters. The van der Waals surface area contributed by atoms with Crippen molar-refractivity contribution in [3.05, 3.63) is 0 Å². The summed E-state index contributed by atoms with van der Waals surface area (Å²) >= 11 is 6.89. The fourth-order valence-corrected chi connectivity index (χ4v) is 0. The van der Waals surface area contributed by atoms with E-state index >= 15 is 0 Å². The smallest absolute Gasteiger partial charge is 0.117 e. The van der Waals surface area contributed by atoms with Crippen molar-refractivity contribution in [2.45, 2.75) is 0 Å². The summed E-state index contributed by atoms with van der Waals surface area (Å²) in [5, 5.41) is 0. The Morgan fingerprint density at radius 2 is 2.00 bits per heavy atom. The molecule has 4 heavy (non-hydrogen) atoms. The highest BCUT2D eigenvalue weighted by Gasteiger charge is 1.79. The average molecular weight is 205 g/mol. The Hall–Kier alpha value is 1.25. The lowest BCUT2D eigenvalue weighted by Gasteiger charge is -1.37. The maximum absolute atomic E-state index is 4.67. The lowest BCUT2D eigenvalue weighted by atomic mass is 12.0. The summed E-state index contributed by atoms with van der Waals surface area (Å²) in [4.78, 5) is 0. The van der Waals surface area contributed by atoms with Gasteiger partial charge in [-0.3, -0.25) is 0 Å². The minimum Gasteiger partial charge on any atom is 0.117 e. The second-order valence-electron chi connectivity index (χ2n) is 0.421. The van der Waals surface area contributed by atoms with Crippen molar-refractivity contribution in [1.82, 2.24) is 0 Å². The largest absolute Gasteiger partial charge is 0.244 e. The van der Waals surface area contributed by atoms with Crippen LogP contribution in [0.5, 0.6) is 0 Å². The molecule has 0 fully saturated rings. The molecular weight excluding hydrogens is 202 g/mol. The fourth-order valence-electron chi connectivity index (χ4n) is 0. The highest BCUT2D eigenvalue weighted by molar-refractivity contribution is 14.2. The SMILES string of the molecule is C[P+](=S)I. The van der Waals surface area contributed by atoms with Crippen molar-refractivity contribution < 1.29 is 0 Å². The van der Waals surface area contributed by atoms with Crippen LogP contribution in [0.15, 0.2) is 0 Å². The molecule has 0 aromatic rings. The van der Waals surface area contributed by atoms with Gasteiger partial charge in [0, 0.05) is 0 Å². The average Bonchev–Trinajstić information content (AvgIpc) is 0.811. The molecule has 0 aromatic carbocycles. The van der Waals surface area contributed by atoms with Crippen molar-refractivity contribution in [3.63, 3.8) is 0 Å². The third-order valence-corrected chi connectivity index (χ3v) is 0. The minimum absolute atomic E-state index is 0.0670. The van der Waals surface area contributed by atoms with E-state index in [1.165, 1.54) is 0 Å². The Kier molecular flexibility index (Phi) is 3.26. The lowest BCUT2D eigenvalue weighted by molar-refractivity contribution is 2.52. The monoisotopic (exact) mass is 205 g/mol. The molecule has 0 radical (unpaired) electrons. The van der Waals surface area contributed by atoms with Crippen LogP contribution in [0.25, 0.3) is 0 Å². The van der Waals surface area contributed by atoms with E-state index < -0.39 is 0 Å². The van der Waals surface area contributed by atoms with Crippen LogP contribution >= 0.6 is 26.4 Å². The lowest BCUT2D eigenvalue weighted by Crippen LogP contribution is -1.14. The van der Waals surface area contributed by atoms with E-state index in [2.05, 4.69) is 33.8 Å². The fraction of sp³-hybridized carbons (Fsp3) is 1.00. The third-order valence-electron chi connectivity index (χ3n) is 0. The van der Waals surface area contributed by atoms with Crippen LogP contribution in [0.2, 0.25) is 0 Å². The van der Waals surface area contributed by atoms with Gasteiger partial charge < -0.3 is 0 Å². The first-order valence-corrected chi connectivity index (χ1v) is 6.39. The number of hydrogen-bond acceptors (Lipinski definition) is 1. The summed E-state index contributed by atoms with van der Waals surface area (Å²) in [5.74, 6) is 0. The molecule has 1 atom stereocenters. The van der Waals surface area contributed by atoms with E-state index in [-0.39, 0.29) is 4.34 Å². The first-order chi connectivity index (χ1) is 1.73. The van der Waals surface area contributed by atoms with Gasteiger partial charge in [0.25, 0.3) is 0 Å². The molecule has 3 heteroatoms. The quantitative estimate of drug-likeness (QED) is 0.430. The summed E-state index contributed by atoms with van der Waals surface area (Å²) in [7, 11) is 0. The van der Waals surface area contributed by atoms with E-state index in [0.717, 1.165) is 0 Å². The van der Waals surface area contributed by atoms with Gasteiger partial charge in [0.15, 0.2) is 11.8 Å². The van der Waals surface area contributed by atoms with Crippen LogP contribution in [0, 0.1) is 0 Å². The van der Waals surface area contributed by atoms with E-state index in [0.29, 0.717) is 0 Å². The number of hydrogen-bond donors (Lipinski definition) is 0. The summed E-state index contributed by atoms with van der Waals surface area (Å²) < 4.78 is -0.0670. The Labute approximate surface area is 44.9 Å². The van der Waals surface area contributed by atoms with E-state index in [1.54, 1.807) is 0 Å². The Bertz CT molecular complexity index is 31.0. The molecule has 0 heterocycles. The molecule has 0 aliphatic rings. The molecule has 0 N–H and O–H groups in total. The topological polar surface area (TPSA) is 0 Å². The Morgan fingerprint density at radius 1 is 2.00 bits per heavy atom. The molecule has 0 saturated carbocycles.